The zero-order chi connectivity index (χ0) is 14.2. The highest BCUT2D eigenvalue weighted by molar-refractivity contribution is 7.85. The van der Waals surface area contributed by atoms with Crippen molar-refractivity contribution >= 4 is 10.8 Å². The number of hydrogen-bond acceptors (Lipinski definition) is 3. The van der Waals surface area contributed by atoms with Crippen LogP contribution in [0.3, 0.4) is 0 Å². The molecule has 0 bridgehead atoms. The van der Waals surface area contributed by atoms with Gasteiger partial charge in [-0.15, -0.1) is 0 Å². The highest BCUT2D eigenvalue weighted by Crippen LogP contribution is 2.22. The fourth-order valence-electron chi connectivity index (χ4n) is 2.66. The molecule has 112 valence electrons. The van der Waals surface area contributed by atoms with Crippen molar-refractivity contribution in [3.8, 4) is 5.75 Å². The summed E-state index contributed by atoms with van der Waals surface area (Å²) in [7, 11) is -0.729. The maximum absolute atomic E-state index is 12.1. The lowest BCUT2D eigenvalue weighted by atomic mass is 10.0. The summed E-state index contributed by atoms with van der Waals surface area (Å²) in [5.41, 5.74) is 6.75. The van der Waals surface area contributed by atoms with Crippen LogP contribution in [0.15, 0.2) is 24.3 Å². The quantitative estimate of drug-likeness (QED) is 0.841. The molecule has 1 aliphatic rings. The lowest BCUT2D eigenvalue weighted by Gasteiger charge is -2.20. The molecular weight excluding hydrogens is 270 g/mol. The molecule has 0 heterocycles. The Morgan fingerprint density at radius 1 is 1.15 bits per heavy atom. The Morgan fingerprint density at radius 2 is 1.85 bits per heavy atom. The van der Waals surface area contributed by atoms with Gasteiger partial charge in [0.05, 0.1) is 12.4 Å². The molecule has 1 aromatic carbocycles. The molecule has 0 radical (unpaired) electrons. The second-order valence-corrected chi connectivity index (χ2v) is 7.21. The molecule has 0 saturated heterocycles. The van der Waals surface area contributed by atoms with E-state index in [1.165, 1.54) is 24.8 Å². The summed E-state index contributed by atoms with van der Waals surface area (Å²) < 4.78 is 17.8. The Morgan fingerprint density at radius 3 is 2.50 bits per heavy atom. The van der Waals surface area contributed by atoms with Crippen molar-refractivity contribution in [2.75, 3.05) is 18.9 Å². The van der Waals surface area contributed by atoms with Gasteiger partial charge in [0.15, 0.2) is 0 Å². The van der Waals surface area contributed by atoms with Gasteiger partial charge in [0.1, 0.15) is 5.75 Å². The summed E-state index contributed by atoms with van der Waals surface area (Å²) in [6, 6.07) is 8.02. The van der Waals surface area contributed by atoms with Crippen molar-refractivity contribution < 1.29 is 8.95 Å². The summed E-state index contributed by atoms with van der Waals surface area (Å²) in [4.78, 5) is 0. The van der Waals surface area contributed by atoms with E-state index >= 15 is 0 Å². The second-order valence-electron chi connectivity index (χ2n) is 5.38. The fourth-order valence-corrected chi connectivity index (χ4v) is 4.10. The predicted octanol–water partition coefficient (Wildman–Crippen LogP) is 2.65. The first-order chi connectivity index (χ1) is 9.79. The zero-order valence-corrected chi connectivity index (χ0v) is 12.9. The lowest BCUT2D eigenvalue weighted by Crippen LogP contribution is -2.23. The maximum Gasteiger partial charge on any atom is 0.119 e. The molecule has 1 atom stereocenters. The average molecular weight is 295 g/mol. The van der Waals surface area contributed by atoms with Crippen molar-refractivity contribution in [2.24, 2.45) is 5.73 Å². The van der Waals surface area contributed by atoms with Gasteiger partial charge >= 0.3 is 0 Å². The summed E-state index contributed by atoms with van der Waals surface area (Å²) in [6.45, 7) is 1.21. The molecule has 3 nitrogen and oxygen atoms in total. The van der Waals surface area contributed by atoms with Crippen LogP contribution < -0.4 is 10.5 Å². The van der Waals surface area contributed by atoms with Crippen LogP contribution >= 0.6 is 0 Å². The third kappa shape index (κ3) is 4.91. The largest absolute Gasteiger partial charge is 0.493 e. The second kappa shape index (κ2) is 8.42. The number of nitrogens with two attached hydrogens (primary N) is 1. The smallest absolute Gasteiger partial charge is 0.119 e. The fraction of sp³-hybridized carbons (Fsp3) is 0.625. The van der Waals surface area contributed by atoms with Crippen LogP contribution in [0, 0.1) is 0 Å². The van der Waals surface area contributed by atoms with Gasteiger partial charge in [-0.1, -0.05) is 31.4 Å². The highest BCUT2D eigenvalue weighted by Gasteiger charge is 2.19. The van der Waals surface area contributed by atoms with Crippen LogP contribution in [0.4, 0.5) is 0 Å². The number of benzene rings is 1. The van der Waals surface area contributed by atoms with Crippen molar-refractivity contribution in [1.29, 1.82) is 0 Å². The van der Waals surface area contributed by atoms with Gasteiger partial charge in [-0.2, -0.15) is 0 Å². The van der Waals surface area contributed by atoms with Crippen molar-refractivity contribution in [3.05, 3.63) is 29.8 Å². The molecule has 2 N–H and O–H groups in total. The molecule has 2 rings (SSSR count). The SMILES string of the molecule is NCCc1ccc(OCCS(=O)C2CCCCC2)cc1. The van der Waals surface area contributed by atoms with Gasteiger partial charge in [-0.05, 0) is 43.5 Å². The number of ether oxygens (including phenoxy) is 1. The molecule has 0 amide bonds. The van der Waals surface area contributed by atoms with Crippen molar-refractivity contribution in [1.82, 2.24) is 0 Å². The van der Waals surface area contributed by atoms with Crippen molar-refractivity contribution in [3.63, 3.8) is 0 Å². The lowest BCUT2D eigenvalue weighted by molar-refractivity contribution is 0.342. The first kappa shape index (κ1) is 15.5. The Kier molecular flexibility index (Phi) is 6.54. The molecule has 1 unspecified atom stereocenters. The van der Waals surface area contributed by atoms with E-state index < -0.39 is 10.8 Å². The molecule has 0 aliphatic heterocycles. The molecule has 0 aromatic heterocycles. The molecular formula is C16H25NO2S. The maximum atomic E-state index is 12.1. The molecule has 20 heavy (non-hydrogen) atoms. The number of rotatable bonds is 7. The van der Waals surface area contributed by atoms with Crippen LogP contribution in [0.25, 0.3) is 0 Å². The van der Waals surface area contributed by atoms with Crippen LogP contribution in [-0.2, 0) is 17.2 Å². The van der Waals surface area contributed by atoms with E-state index in [1.54, 1.807) is 0 Å². The summed E-state index contributed by atoms with van der Waals surface area (Å²) in [5, 5.41) is 0.402. The third-order valence-corrected chi connectivity index (χ3v) is 5.62. The highest BCUT2D eigenvalue weighted by atomic mass is 32.2. The summed E-state index contributed by atoms with van der Waals surface area (Å²) >= 11 is 0. The molecule has 1 aromatic rings. The van der Waals surface area contributed by atoms with Gasteiger partial charge in [0.25, 0.3) is 0 Å². The van der Waals surface area contributed by atoms with E-state index in [9.17, 15) is 4.21 Å². The monoisotopic (exact) mass is 295 g/mol. The standard InChI is InChI=1S/C16H25NO2S/c17-11-10-14-6-8-15(9-7-14)19-12-13-20(18)16-4-2-1-3-5-16/h6-9,16H,1-5,10-13,17H2. The average Bonchev–Trinajstić information content (AvgIpc) is 2.50. The Labute approximate surface area is 124 Å². The first-order valence-electron chi connectivity index (χ1n) is 7.58. The molecule has 1 fully saturated rings. The van der Waals surface area contributed by atoms with Crippen molar-refractivity contribution in [2.45, 2.75) is 43.8 Å². The number of hydrogen-bond donors (Lipinski definition) is 1. The third-order valence-electron chi connectivity index (χ3n) is 3.83. The summed E-state index contributed by atoms with van der Waals surface area (Å²) in [5.74, 6) is 1.50. The van der Waals surface area contributed by atoms with E-state index in [1.807, 2.05) is 24.3 Å². The van der Waals surface area contributed by atoms with Crippen LogP contribution in [0.2, 0.25) is 0 Å². The van der Waals surface area contributed by atoms with E-state index in [0.29, 0.717) is 24.2 Å². The van der Waals surface area contributed by atoms with E-state index in [2.05, 4.69) is 0 Å². The Bertz CT molecular complexity index is 413. The topological polar surface area (TPSA) is 52.3 Å². The van der Waals surface area contributed by atoms with Crippen LogP contribution in [0.5, 0.6) is 5.75 Å². The zero-order valence-electron chi connectivity index (χ0n) is 12.1. The van der Waals surface area contributed by atoms with Gasteiger partial charge < -0.3 is 10.5 Å². The van der Waals surface area contributed by atoms with Gasteiger partial charge in [-0.3, -0.25) is 4.21 Å². The molecule has 1 aliphatic carbocycles. The van der Waals surface area contributed by atoms with Gasteiger partial charge in [0.2, 0.25) is 0 Å². The van der Waals surface area contributed by atoms with Gasteiger partial charge in [0, 0.05) is 16.0 Å². The minimum absolute atomic E-state index is 0.402. The molecule has 0 spiro atoms. The summed E-state index contributed by atoms with van der Waals surface area (Å²) in [6.07, 6.45) is 6.92. The first-order valence-corrected chi connectivity index (χ1v) is 8.97. The minimum atomic E-state index is -0.729. The Balaban J connectivity index is 1.70. The van der Waals surface area contributed by atoms with Crippen LogP contribution in [-0.4, -0.2) is 28.4 Å². The molecule has 4 heteroatoms. The van der Waals surface area contributed by atoms with Gasteiger partial charge in [-0.25, -0.2) is 0 Å². The van der Waals surface area contributed by atoms with E-state index in [-0.39, 0.29) is 0 Å². The van der Waals surface area contributed by atoms with E-state index in [0.717, 1.165) is 25.0 Å². The minimum Gasteiger partial charge on any atom is -0.493 e. The van der Waals surface area contributed by atoms with E-state index in [4.69, 9.17) is 10.5 Å². The normalized spacial score (nSPS) is 17.9. The molecule has 1 saturated carbocycles. The Hall–Kier alpha value is -0.870. The van der Waals surface area contributed by atoms with Crippen LogP contribution in [0.1, 0.15) is 37.7 Å². The predicted molar refractivity (Wildman–Crippen MR) is 84.6 cm³/mol.